The van der Waals surface area contributed by atoms with Gasteiger partial charge in [0.15, 0.2) is 17.1 Å². The Bertz CT molecular complexity index is 1360. The summed E-state index contributed by atoms with van der Waals surface area (Å²) in [5.41, 5.74) is -6.62. The second-order valence-corrected chi connectivity index (χ2v) is 13.7. The zero-order valence-electron chi connectivity index (χ0n) is 22.3. The number of aliphatic hydroxyl groups excluding tert-OH is 1. The van der Waals surface area contributed by atoms with E-state index >= 15 is 8.78 Å². The first-order valence-corrected chi connectivity index (χ1v) is 14.9. The summed E-state index contributed by atoms with van der Waals surface area (Å²) in [5.74, 6) is -4.31. The van der Waals surface area contributed by atoms with Gasteiger partial charge in [-0.05, 0) is 74.1 Å². The molecule has 9 atom stereocenters. The SMILES string of the molecule is CC12C=CC(=O)C=C1C(F)CC1C3CC4CN(c5ccc(Cl)cc5)OC4(C(=O)SCC(F)(F)F)C3(C)CC(O)C12F. The van der Waals surface area contributed by atoms with Crippen molar-refractivity contribution in [1.82, 2.24) is 0 Å². The quantitative estimate of drug-likeness (QED) is 0.408. The number of nitrogens with zero attached hydrogens (tertiary/aromatic N) is 1. The summed E-state index contributed by atoms with van der Waals surface area (Å²) in [7, 11) is 0. The van der Waals surface area contributed by atoms with Gasteiger partial charge in [0.1, 0.15) is 6.17 Å². The van der Waals surface area contributed by atoms with Crippen LogP contribution in [0.25, 0.3) is 0 Å². The highest BCUT2D eigenvalue weighted by atomic mass is 35.5. The third-order valence-electron chi connectivity index (χ3n) is 10.4. The van der Waals surface area contributed by atoms with Crippen LogP contribution < -0.4 is 5.06 Å². The van der Waals surface area contributed by atoms with E-state index in [1.54, 1.807) is 31.2 Å². The molecule has 5 aliphatic rings. The van der Waals surface area contributed by atoms with Crippen molar-refractivity contribution < 1.29 is 41.5 Å². The largest absolute Gasteiger partial charge is 0.398 e. The minimum Gasteiger partial charge on any atom is -0.390 e. The lowest BCUT2D eigenvalue weighted by atomic mass is 9.44. The van der Waals surface area contributed by atoms with Crippen LogP contribution in [0.4, 0.5) is 27.6 Å². The summed E-state index contributed by atoms with van der Waals surface area (Å²) in [6.07, 6.45) is -4.84. The maximum Gasteiger partial charge on any atom is 0.398 e. The third kappa shape index (κ3) is 3.94. The van der Waals surface area contributed by atoms with E-state index in [0.29, 0.717) is 10.7 Å². The third-order valence-corrected chi connectivity index (χ3v) is 11.7. The molecule has 3 saturated carbocycles. The number of hydrogen-bond acceptors (Lipinski definition) is 6. The molecule has 9 unspecified atom stereocenters. The van der Waals surface area contributed by atoms with Crippen LogP contribution in [0.1, 0.15) is 33.1 Å². The lowest BCUT2D eigenvalue weighted by Crippen LogP contribution is -2.70. The summed E-state index contributed by atoms with van der Waals surface area (Å²) >= 11 is 6.12. The van der Waals surface area contributed by atoms with Crippen LogP contribution in [0, 0.1) is 28.6 Å². The molecule has 1 heterocycles. The molecule has 0 aromatic heterocycles. The van der Waals surface area contributed by atoms with Gasteiger partial charge in [-0.25, -0.2) is 8.78 Å². The first-order chi connectivity index (χ1) is 19.1. The summed E-state index contributed by atoms with van der Waals surface area (Å²) in [6.45, 7) is 3.25. The zero-order chi connectivity index (χ0) is 29.8. The Morgan fingerprint density at radius 1 is 1.20 bits per heavy atom. The highest BCUT2D eigenvalue weighted by molar-refractivity contribution is 8.13. The lowest BCUT2D eigenvalue weighted by Gasteiger charge is -2.63. The second-order valence-electron chi connectivity index (χ2n) is 12.3. The van der Waals surface area contributed by atoms with E-state index in [-0.39, 0.29) is 43.1 Å². The minimum absolute atomic E-state index is 0.0266. The smallest absolute Gasteiger partial charge is 0.390 e. The van der Waals surface area contributed by atoms with Gasteiger partial charge in [0.25, 0.3) is 0 Å². The van der Waals surface area contributed by atoms with Gasteiger partial charge in [-0.3, -0.25) is 19.5 Å². The van der Waals surface area contributed by atoms with Crippen molar-refractivity contribution in [2.45, 2.75) is 62.8 Å². The van der Waals surface area contributed by atoms with Gasteiger partial charge in [0, 0.05) is 27.7 Å². The first kappa shape index (κ1) is 29.1. The first-order valence-electron chi connectivity index (χ1n) is 13.5. The van der Waals surface area contributed by atoms with Crippen molar-refractivity contribution in [3.8, 4) is 0 Å². The number of thioether (sulfide) groups is 1. The van der Waals surface area contributed by atoms with Crippen LogP contribution >= 0.6 is 23.4 Å². The van der Waals surface area contributed by atoms with E-state index in [0.717, 1.165) is 6.08 Å². The van der Waals surface area contributed by atoms with E-state index in [4.69, 9.17) is 16.4 Å². The predicted molar refractivity (Wildman–Crippen MR) is 144 cm³/mol. The number of carbonyl (C=O) groups excluding carboxylic acids is 2. The molecule has 222 valence electrons. The fraction of sp³-hybridized carbons (Fsp3) is 0.586. The molecule has 1 aliphatic heterocycles. The van der Waals surface area contributed by atoms with Crippen LogP contribution in [0.5, 0.6) is 0 Å². The normalized spacial score (nSPS) is 43.2. The maximum absolute atomic E-state index is 17.5. The van der Waals surface area contributed by atoms with Crippen LogP contribution in [0.2, 0.25) is 5.02 Å². The van der Waals surface area contributed by atoms with Crippen molar-refractivity contribution in [3.05, 3.63) is 53.1 Å². The van der Waals surface area contributed by atoms with E-state index in [1.807, 2.05) is 0 Å². The number of aliphatic hydroxyl groups is 1. The Kier molecular flexibility index (Phi) is 6.59. The Morgan fingerprint density at radius 3 is 2.54 bits per heavy atom. The molecule has 0 spiro atoms. The molecule has 6 rings (SSSR count). The number of carbonyl (C=O) groups is 2. The second kappa shape index (κ2) is 9.27. The molecule has 1 N–H and O–H groups in total. The molecular formula is C29H29ClF5NO4S. The Hall–Kier alpha value is -1.95. The molecule has 12 heteroatoms. The number of anilines is 1. The van der Waals surface area contributed by atoms with E-state index in [1.165, 1.54) is 24.1 Å². The molecular weight excluding hydrogens is 589 g/mol. The molecule has 41 heavy (non-hydrogen) atoms. The number of alkyl halides is 5. The molecule has 1 saturated heterocycles. The van der Waals surface area contributed by atoms with Gasteiger partial charge in [0.05, 0.1) is 24.1 Å². The fourth-order valence-corrected chi connectivity index (χ4v) is 9.68. The standard InChI is InChI=1S/C29H29ClF5NO4S/c1-25-8-7-18(37)10-21(25)22(31)11-20-19-9-15-13-36(17-5-3-16(30)4-6-17)40-29(15,24(39)41-14-27(32,33)34)26(19,2)12-23(38)28(20,25)35/h3-8,10,15,19-20,22-23,38H,9,11-14H2,1-2H3. The molecule has 0 radical (unpaired) electrons. The number of hydroxylamine groups is 1. The Balaban J connectivity index is 1.44. The number of halogens is 6. The van der Waals surface area contributed by atoms with Crippen molar-refractivity contribution in [1.29, 1.82) is 0 Å². The molecule has 1 aromatic rings. The monoisotopic (exact) mass is 617 g/mol. The maximum atomic E-state index is 17.5. The summed E-state index contributed by atoms with van der Waals surface area (Å²) in [5, 5.41) is 12.7. The summed E-state index contributed by atoms with van der Waals surface area (Å²) in [4.78, 5) is 32.4. The number of fused-ring (bicyclic) bond motifs is 7. The van der Waals surface area contributed by atoms with Gasteiger partial charge in [-0.2, -0.15) is 13.2 Å². The van der Waals surface area contributed by atoms with Crippen molar-refractivity contribution in [2.75, 3.05) is 17.4 Å². The van der Waals surface area contributed by atoms with Crippen molar-refractivity contribution >= 4 is 39.9 Å². The van der Waals surface area contributed by atoms with Crippen LogP contribution in [0.15, 0.2) is 48.1 Å². The molecule has 0 amide bonds. The molecule has 1 aromatic carbocycles. The van der Waals surface area contributed by atoms with Crippen molar-refractivity contribution in [2.24, 2.45) is 28.6 Å². The van der Waals surface area contributed by atoms with E-state index in [9.17, 15) is 27.9 Å². The topological polar surface area (TPSA) is 66.8 Å². The van der Waals surface area contributed by atoms with E-state index in [2.05, 4.69) is 0 Å². The average molecular weight is 618 g/mol. The van der Waals surface area contributed by atoms with E-state index < -0.39 is 75.0 Å². The van der Waals surface area contributed by atoms with Crippen LogP contribution in [0.3, 0.4) is 0 Å². The fourth-order valence-electron chi connectivity index (χ4n) is 8.60. The molecule has 4 fully saturated rings. The predicted octanol–water partition coefficient (Wildman–Crippen LogP) is 6.20. The number of rotatable bonds is 3. The summed E-state index contributed by atoms with van der Waals surface area (Å²) < 4.78 is 73.0. The van der Waals surface area contributed by atoms with Crippen LogP contribution in [-0.2, 0) is 14.4 Å². The number of hydrogen-bond donors (Lipinski definition) is 1. The average Bonchev–Trinajstić information content (AvgIpc) is 3.39. The van der Waals surface area contributed by atoms with Crippen molar-refractivity contribution in [3.63, 3.8) is 0 Å². The van der Waals surface area contributed by atoms with Gasteiger partial charge in [-0.15, -0.1) is 0 Å². The summed E-state index contributed by atoms with van der Waals surface area (Å²) in [6, 6.07) is 6.55. The highest BCUT2D eigenvalue weighted by Gasteiger charge is 2.80. The highest BCUT2D eigenvalue weighted by Crippen LogP contribution is 2.73. The lowest BCUT2D eigenvalue weighted by molar-refractivity contribution is -0.225. The molecule has 4 aliphatic carbocycles. The number of allylic oxidation sites excluding steroid dienone is 4. The van der Waals surface area contributed by atoms with Gasteiger partial charge >= 0.3 is 6.18 Å². The Morgan fingerprint density at radius 2 is 1.88 bits per heavy atom. The number of ketones is 1. The molecule has 5 nitrogen and oxygen atoms in total. The number of benzene rings is 1. The van der Waals surface area contributed by atoms with Gasteiger partial charge < -0.3 is 5.11 Å². The van der Waals surface area contributed by atoms with Crippen LogP contribution in [-0.4, -0.2) is 58.0 Å². The minimum atomic E-state index is -4.62. The molecule has 0 bridgehead atoms. The Labute approximate surface area is 243 Å². The zero-order valence-corrected chi connectivity index (χ0v) is 23.8. The van der Waals surface area contributed by atoms with Gasteiger partial charge in [0.2, 0.25) is 5.12 Å². The van der Waals surface area contributed by atoms with Gasteiger partial charge in [-0.1, -0.05) is 36.4 Å².